The zero-order valence-electron chi connectivity index (χ0n) is 10.4. The summed E-state index contributed by atoms with van der Waals surface area (Å²) < 4.78 is 5.22. The maximum absolute atomic E-state index is 11.4. The average molecular weight is 236 g/mol. The van der Waals surface area contributed by atoms with E-state index in [0.717, 1.165) is 51.2 Å². The molecular weight excluding hydrogens is 216 g/mol. The van der Waals surface area contributed by atoms with Gasteiger partial charge in [-0.3, -0.25) is 4.79 Å². The predicted octanol–water partition coefficient (Wildman–Crippen LogP) is 1.69. The summed E-state index contributed by atoms with van der Waals surface area (Å²) in [6.45, 7) is 5.58. The summed E-state index contributed by atoms with van der Waals surface area (Å²) in [6, 6.07) is 1.99. The second-order valence-electron chi connectivity index (χ2n) is 4.52. The molecule has 94 valence electrons. The topological polar surface area (TPSA) is 45.5 Å². The molecule has 1 aliphatic rings. The summed E-state index contributed by atoms with van der Waals surface area (Å²) in [5.74, 6) is 1.29. The van der Waals surface area contributed by atoms with E-state index < -0.39 is 0 Å². The monoisotopic (exact) mass is 236 g/mol. The lowest BCUT2D eigenvalue weighted by atomic mass is 10.2. The maximum Gasteiger partial charge on any atom is 0.222 e. The number of carbonyl (C=O) groups excluding carboxylic acids is 1. The van der Waals surface area contributed by atoms with Crippen molar-refractivity contribution in [3.63, 3.8) is 0 Å². The molecule has 17 heavy (non-hydrogen) atoms. The zero-order valence-corrected chi connectivity index (χ0v) is 10.4. The van der Waals surface area contributed by atoms with Crippen LogP contribution in [0.15, 0.2) is 16.7 Å². The quantitative estimate of drug-likeness (QED) is 0.764. The van der Waals surface area contributed by atoms with E-state index in [1.165, 1.54) is 5.56 Å². The number of hydrogen-bond donors (Lipinski definition) is 1. The van der Waals surface area contributed by atoms with Crippen LogP contribution >= 0.6 is 0 Å². The molecule has 1 aromatic heterocycles. The molecule has 1 fully saturated rings. The number of furan rings is 1. The maximum atomic E-state index is 11.4. The predicted molar refractivity (Wildman–Crippen MR) is 65.6 cm³/mol. The largest absolute Gasteiger partial charge is 0.469 e. The molecule has 4 nitrogen and oxygen atoms in total. The van der Waals surface area contributed by atoms with Crippen molar-refractivity contribution in [2.75, 3.05) is 19.6 Å². The van der Waals surface area contributed by atoms with Crippen molar-refractivity contribution >= 4 is 5.91 Å². The minimum Gasteiger partial charge on any atom is -0.469 e. The summed E-state index contributed by atoms with van der Waals surface area (Å²) in [5.41, 5.74) is 1.21. The van der Waals surface area contributed by atoms with Gasteiger partial charge >= 0.3 is 0 Å². The van der Waals surface area contributed by atoms with Crippen molar-refractivity contribution < 1.29 is 9.21 Å². The molecule has 0 bridgehead atoms. The number of aryl methyl sites for hydroxylation is 1. The van der Waals surface area contributed by atoms with Crippen LogP contribution in [-0.4, -0.2) is 30.4 Å². The van der Waals surface area contributed by atoms with Crippen LogP contribution in [0.1, 0.15) is 30.6 Å². The Balaban J connectivity index is 1.58. The molecule has 2 rings (SSSR count). The fourth-order valence-electron chi connectivity index (χ4n) is 2.15. The van der Waals surface area contributed by atoms with Gasteiger partial charge in [0.05, 0.1) is 6.26 Å². The van der Waals surface area contributed by atoms with Crippen LogP contribution in [0, 0.1) is 6.92 Å². The summed E-state index contributed by atoms with van der Waals surface area (Å²) in [6.07, 6.45) is 4.50. The van der Waals surface area contributed by atoms with Gasteiger partial charge in [-0.15, -0.1) is 0 Å². The Morgan fingerprint density at radius 3 is 3.06 bits per heavy atom. The third kappa shape index (κ3) is 3.33. The molecular formula is C13H20N2O2. The number of rotatable bonds is 6. The van der Waals surface area contributed by atoms with E-state index in [1.807, 2.05) is 17.9 Å². The first kappa shape index (κ1) is 12.2. The second kappa shape index (κ2) is 5.87. The fraction of sp³-hybridized carbons (Fsp3) is 0.615. The number of amides is 1. The first-order valence-corrected chi connectivity index (χ1v) is 6.29. The summed E-state index contributed by atoms with van der Waals surface area (Å²) in [7, 11) is 0. The van der Waals surface area contributed by atoms with Crippen LogP contribution in [0.25, 0.3) is 0 Å². The van der Waals surface area contributed by atoms with E-state index in [4.69, 9.17) is 4.42 Å². The molecule has 4 heteroatoms. The molecule has 0 spiro atoms. The van der Waals surface area contributed by atoms with Gasteiger partial charge in [-0.1, -0.05) is 0 Å². The van der Waals surface area contributed by atoms with E-state index in [9.17, 15) is 4.79 Å². The van der Waals surface area contributed by atoms with Crippen molar-refractivity contribution in [1.29, 1.82) is 0 Å². The van der Waals surface area contributed by atoms with Gasteiger partial charge in [-0.25, -0.2) is 0 Å². The van der Waals surface area contributed by atoms with E-state index in [2.05, 4.69) is 5.32 Å². The lowest BCUT2D eigenvalue weighted by Crippen LogP contribution is -2.28. The Morgan fingerprint density at radius 2 is 2.41 bits per heavy atom. The highest BCUT2D eigenvalue weighted by Gasteiger charge is 2.18. The summed E-state index contributed by atoms with van der Waals surface area (Å²) >= 11 is 0. The number of hydrogen-bond acceptors (Lipinski definition) is 3. The van der Waals surface area contributed by atoms with Gasteiger partial charge in [-0.2, -0.15) is 0 Å². The third-order valence-corrected chi connectivity index (χ3v) is 3.23. The number of carbonyl (C=O) groups is 1. The van der Waals surface area contributed by atoms with E-state index in [1.54, 1.807) is 6.26 Å². The van der Waals surface area contributed by atoms with Gasteiger partial charge in [0, 0.05) is 31.6 Å². The average Bonchev–Trinajstić information content (AvgIpc) is 2.89. The van der Waals surface area contributed by atoms with Gasteiger partial charge < -0.3 is 14.6 Å². The van der Waals surface area contributed by atoms with Crippen molar-refractivity contribution in [1.82, 2.24) is 10.2 Å². The standard InChI is InChI=1S/C13H20N2O2/c1-11-12(5-9-17-11)10-14-6-3-8-15-7-2-4-13(15)16/h5,9,14H,2-4,6-8,10H2,1H3. The van der Waals surface area contributed by atoms with Gasteiger partial charge in [-0.05, 0) is 32.4 Å². The molecule has 0 unspecified atom stereocenters. The van der Waals surface area contributed by atoms with Crippen LogP contribution in [0.5, 0.6) is 0 Å². The van der Waals surface area contributed by atoms with Crippen molar-refractivity contribution in [2.24, 2.45) is 0 Å². The molecule has 1 saturated heterocycles. The van der Waals surface area contributed by atoms with Gasteiger partial charge in [0.2, 0.25) is 5.91 Å². The number of nitrogens with zero attached hydrogens (tertiary/aromatic N) is 1. The molecule has 1 aliphatic heterocycles. The minimum atomic E-state index is 0.315. The Bertz CT molecular complexity index is 373. The Morgan fingerprint density at radius 1 is 1.53 bits per heavy atom. The summed E-state index contributed by atoms with van der Waals surface area (Å²) in [5, 5.41) is 3.37. The van der Waals surface area contributed by atoms with Gasteiger partial charge in [0.25, 0.3) is 0 Å². The van der Waals surface area contributed by atoms with E-state index in [0.29, 0.717) is 5.91 Å². The molecule has 0 aliphatic carbocycles. The van der Waals surface area contributed by atoms with E-state index >= 15 is 0 Å². The molecule has 1 N–H and O–H groups in total. The lowest BCUT2D eigenvalue weighted by molar-refractivity contribution is -0.127. The highest BCUT2D eigenvalue weighted by molar-refractivity contribution is 5.77. The van der Waals surface area contributed by atoms with Crippen LogP contribution in [0.4, 0.5) is 0 Å². The summed E-state index contributed by atoms with van der Waals surface area (Å²) in [4.78, 5) is 13.3. The molecule has 0 saturated carbocycles. The Hall–Kier alpha value is -1.29. The molecule has 0 aromatic carbocycles. The van der Waals surface area contributed by atoms with Crippen LogP contribution in [0.3, 0.4) is 0 Å². The van der Waals surface area contributed by atoms with E-state index in [-0.39, 0.29) is 0 Å². The van der Waals surface area contributed by atoms with Crippen LogP contribution in [0.2, 0.25) is 0 Å². The molecule has 0 atom stereocenters. The highest BCUT2D eigenvalue weighted by Crippen LogP contribution is 2.10. The normalized spacial score (nSPS) is 15.8. The third-order valence-electron chi connectivity index (χ3n) is 3.23. The molecule has 0 radical (unpaired) electrons. The molecule has 1 aromatic rings. The lowest BCUT2D eigenvalue weighted by Gasteiger charge is -2.15. The molecule has 1 amide bonds. The minimum absolute atomic E-state index is 0.315. The van der Waals surface area contributed by atoms with Crippen molar-refractivity contribution in [3.05, 3.63) is 23.7 Å². The van der Waals surface area contributed by atoms with Crippen LogP contribution < -0.4 is 5.32 Å². The molecule has 2 heterocycles. The Labute approximate surface area is 102 Å². The van der Waals surface area contributed by atoms with Crippen molar-refractivity contribution in [3.8, 4) is 0 Å². The van der Waals surface area contributed by atoms with Gasteiger partial charge in [0.1, 0.15) is 5.76 Å². The SMILES string of the molecule is Cc1occc1CNCCCN1CCCC1=O. The first-order valence-electron chi connectivity index (χ1n) is 6.29. The fourth-order valence-corrected chi connectivity index (χ4v) is 2.15. The number of nitrogens with one attached hydrogen (secondary N) is 1. The number of likely N-dealkylation sites (tertiary alicyclic amines) is 1. The smallest absolute Gasteiger partial charge is 0.222 e. The zero-order chi connectivity index (χ0) is 12.1. The second-order valence-corrected chi connectivity index (χ2v) is 4.52. The van der Waals surface area contributed by atoms with Gasteiger partial charge in [0.15, 0.2) is 0 Å². The first-order chi connectivity index (χ1) is 8.27. The Kier molecular flexibility index (Phi) is 4.20. The van der Waals surface area contributed by atoms with Crippen molar-refractivity contribution in [2.45, 2.75) is 32.7 Å². The van der Waals surface area contributed by atoms with Crippen LogP contribution in [-0.2, 0) is 11.3 Å². The highest BCUT2D eigenvalue weighted by atomic mass is 16.3.